The molecule has 0 aliphatic carbocycles. The molecular weight excluding hydrogens is 380 g/mol. The van der Waals surface area contributed by atoms with Gasteiger partial charge in [0.1, 0.15) is 18.4 Å². The molecule has 0 saturated carbocycles. The number of hydrogen-bond acceptors (Lipinski definition) is 7. The van der Waals surface area contributed by atoms with Crippen LogP contribution >= 0.6 is 11.3 Å². The Hall–Kier alpha value is -2.45. The van der Waals surface area contributed by atoms with Crippen molar-refractivity contribution in [2.24, 2.45) is 0 Å². The van der Waals surface area contributed by atoms with Crippen molar-refractivity contribution in [1.29, 1.82) is 0 Å². The van der Waals surface area contributed by atoms with Gasteiger partial charge in [0.2, 0.25) is 0 Å². The highest BCUT2D eigenvalue weighted by molar-refractivity contribution is 7.09. The van der Waals surface area contributed by atoms with Gasteiger partial charge in [0.05, 0.1) is 23.0 Å². The lowest BCUT2D eigenvalue weighted by Crippen LogP contribution is -2.48. The third-order valence-corrected chi connectivity index (χ3v) is 5.14. The molecule has 3 rings (SSSR count). The largest absolute Gasteiger partial charge is 0.478 e. The van der Waals surface area contributed by atoms with Crippen LogP contribution < -0.4 is 9.64 Å². The van der Waals surface area contributed by atoms with Gasteiger partial charge < -0.3 is 14.2 Å². The van der Waals surface area contributed by atoms with E-state index in [0.717, 1.165) is 16.3 Å². The van der Waals surface area contributed by atoms with Gasteiger partial charge in [-0.2, -0.15) is 0 Å². The number of thiazole rings is 1. The average molecular weight is 404 g/mol. The Kier molecular flexibility index (Phi) is 6.31. The standard InChI is InChI=1S/C20H24N2O5S/c1-5-17-20(24)22(9-19(23)26-12(2)10-25-4)16-8-14(6-7-18(16)27-17)15-11-28-13(3)21-15/h6-8,11-12,17H,5,9-10H2,1-4H3. The number of methoxy groups -OCH3 is 1. The smallest absolute Gasteiger partial charge is 0.326 e. The lowest BCUT2D eigenvalue weighted by molar-refractivity contribution is -0.149. The van der Waals surface area contributed by atoms with Crippen LogP contribution in [0.15, 0.2) is 23.6 Å². The molecule has 0 bridgehead atoms. The summed E-state index contributed by atoms with van der Waals surface area (Å²) in [7, 11) is 1.54. The molecule has 28 heavy (non-hydrogen) atoms. The molecule has 1 aliphatic rings. The second-order valence-electron chi connectivity index (χ2n) is 6.63. The van der Waals surface area contributed by atoms with Gasteiger partial charge >= 0.3 is 5.97 Å². The maximum absolute atomic E-state index is 12.9. The minimum absolute atomic E-state index is 0.181. The zero-order valence-corrected chi connectivity index (χ0v) is 17.2. The minimum Gasteiger partial charge on any atom is -0.478 e. The summed E-state index contributed by atoms with van der Waals surface area (Å²) < 4.78 is 16.2. The number of aromatic nitrogens is 1. The molecule has 8 heteroatoms. The summed E-state index contributed by atoms with van der Waals surface area (Å²) in [5.41, 5.74) is 2.24. The predicted octanol–water partition coefficient (Wildman–Crippen LogP) is 3.20. The first kappa shape index (κ1) is 20.3. The van der Waals surface area contributed by atoms with Gasteiger partial charge in [-0.05, 0) is 38.5 Å². The van der Waals surface area contributed by atoms with Crippen molar-refractivity contribution in [3.63, 3.8) is 0 Å². The lowest BCUT2D eigenvalue weighted by atomic mass is 10.1. The topological polar surface area (TPSA) is 78.0 Å². The number of benzene rings is 1. The van der Waals surface area contributed by atoms with Gasteiger partial charge in [-0.3, -0.25) is 14.5 Å². The van der Waals surface area contributed by atoms with E-state index in [1.54, 1.807) is 25.4 Å². The Morgan fingerprint density at radius 3 is 2.86 bits per heavy atom. The van der Waals surface area contributed by atoms with E-state index in [2.05, 4.69) is 4.98 Å². The monoisotopic (exact) mass is 404 g/mol. The first-order valence-corrected chi connectivity index (χ1v) is 10.0. The highest BCUT2D eigenvalue weighted by Crippen LogP contribution is 2.38. The van der Waals surface area contributed by atoms with E-state index in [-0.39, 0.29) is 18.6 Å². The third kappa shape index (κ3) is 4.34. The van der Waals surface area contributed by atoms with Crippen molar-refractivity contribution in [1.82, 2.24) is 4.98 Å². The van der Waals surface area contributed by atoms with E-state index in [1.165, 1.54) is 4.90 Å². The number of ether oxygens (including phenoxy) is 3. The molecule has 2 heterocycles. The Bertz CT molecular complexity index is 866. The number of amides is 1. The van der Waals surface area contributed by atoms with Crippen LogP contribution in [0.5, 0.6) is 5.75 Å². The Labute approximate surface area is 168 Å². The van der Waals surface area contributed by atoms with Crippen LogP contribution in [0.3, 0.4) is 0 Å². The highest BCUT2D eigenvalue weighted by Gasteiger charge is 2.35. The molecule has 0 saturated heterocycles. The molecule has 0 spiro atoms. The van der Waals surface area contributed by atoms with Crippen molar-refractivity contribution >= 4 is 28.9 Å². The van der Waals surface area contributed by atoms with Crippen LogP contribution in [0.2, 0.25) is 0 Å². The van der Waals surface area contributed by atoms with Crippen molar-refractivity contribution in [2.45, 2.75) is 39.4 Å². The fraction of sp³-hybridized carbons (Fsp3) is 0.450. The summed E-state index contributed by atoms with van der Waals surface area (Å²) in [5, 5.41) is 2.92. The van der Waals surface area contributed by atoms with E-state index in [4.69, 9.17) is 14.2 Å². The number of rotatable bonds is 7. The molecule has 7 nitrogen and oxygen atoms in total. The van der Waals surface area contributed by atoms with Gasteiger partial charge in [-0.25, -0.2) is 4.98 Å². The summed E-state index contributed by atoms with van der Waals surface area (Å²) in [6.45, 7) is 5.67. The average Bonchev–Trinajstić information content (AvgIpc) is 3.10. The first-order chi connectivity index (χ1) is 13.4. The molecule has 1 aliphatic heterocycles. The van der Waals surface area contributed by atoms with Gasteiger partial charge in [-0.1, -0.05) is 6.92 Å². The maximum Gasteiger partial charge on any atom is 0.326 e. The van der Waals surface area contributed by atoms with Crippen molar-refractivity contribution < 1.29 is 23.8 Å². The van der Waals surface area contributed by atoms with Crippen LogP contribution in [-0.4, -0.2) is 49.3 Å². The highest BCUT2D eigenvalue weighted by atomic mass is 32.1. The van der Waals surface area contributed by atoms with Crippen molar-refractivity contribution in [3.05, 3.63) is 28.6 Å². The molecule has 2 unspecified atom stereocenters. The van der Waals surface area contributed by atoms with E-state index in [0.29, 0.717) is 24.5 Å². The normalized spacial score (nSPS) is 17.1. The molecular formula is C20H24N2O5S. The lowest BCUT2D eigenvalue weighted by Gasteiger charge is -2.34. The third-order valence-electron chi connectivity index (χ3n) is 4.37. The van der Waals surface area contributed by atoms with E-state index < -0.39 is 12.1 Å². The van der Waals surface area contributed by atoms with Gasteiger partial charge in [0, 0.05) is 18.1 Å². The number of aryl methyl sites for hydroxylation is 1. The zero-order valence-electron chi connectivity index (χ0n) is 16.4. The summed E-state index contributed by atoms with van der Waals surface area (Å²) in [6, 6.07) is 5.56. The number of carbonyl (C=O) groups excluding carboxylic acids is 2. The number of hydrogen-bond donors (Lipinski definition) is 0. The molecule has 0 fully saturated rings. The van der Waals surface area contributed by atoms with E-state index in [1.807, 2.05) is 37.4 Å². The molecule has 2 atom stereocenters. The molecule has 2 aromatic rings. The van der Waals surface area contributed by atoms with E-state index in [9.17, 15) is 9.59 Å². The van der Waals surface area contributed by atoms with Crippen LogP contribution in [0, 0.1) is 6.92 Å². The Morgan fingerprint density at radius 1 is 1.43 bits per heavy atom. The number of anilines is 1. The summed E-state index contributed by atoms with van der Waals surface area (Å²) >= 11 is 1.56. The first-order valence-electron chi connectivity index (χ1n) is 9.16. The molecule has 1 aromatic heterocycles. The fourth-order valence-electron chi connectivity index (χ4n) is 3.06. The quantitative estimate of drug-likeness (QED) is 0.660. The zero-order chi connectivity index (χ0) is 20.3. The predicted molar refractivity (Wildman–Crippen MR) is 107 cm³/mol. The van der Waals surface area contributed by atoms with Gasteiger partial charge in [0.25, 0.3) is 5.91 Å². The molecule has 0 N–H and O–H groups in total. The van der Waals surface area contributed by atoms with Gasteiger partial charge in [0.15, 0.2) is 6.10 Å². The number of carbonyl (C=O) groups is 2. The van der Waals surface area contributed by atoms with Crippen LogP contribution in [0.4, 0.5) is 5.69 Å². The second-order valence-corrected chi connectivity index (χ2v) is 7.69. The van der Waals surface area contributed by atoms with Crippen molar-refractivity contribution in [2.75, 3.05) is 25.2 Å². The van der Waals surface area contributed by atoms with Crippen LogP contribution in [0.25, 0.3) is 11.3 Å². The fourth-order valence-corrected chi connectivity index (χ4v) is 3.68. The summed E-state index contributed by atoms with van der Waals surface area (Å²) in [5.74, 6) is -0.173. The Morgan fingerprint density at radius 2 is 2.21 bits per heavy atom. The molecule has 1 amide bonds. The van der Waals surface area contributed by atoms with Crippen molar-refractivity contribution in [3.8, 4) is 17.0 Å². The van der Waals surface area contributed by atoms with E-state index >= 15 is 0 Å². The summed E-state index contributed by atoms with van der Waals surface area (Å²) in [4.78, 5) is 31.2. The molecule has 0 radical (unpaired) electrons. The molecule has 150 valence electrons. The maximum atomic E-state index is 12.9. The minimum atomic E-state index is -0.621. The van der Waals surface area contributed by atoms with Crippen LogP contribution in [-0.2, 0) is 19.1 Å². The second kappa shape index (κ2) is 8.70. The SMILES string of the molecule is CCC1Oc2ccc(-c3csc(C)n3)cc2N(CC(=O)OC(C)COC)C1=O. The number of esters is 1. The molecule has 1 aromatic carbocycles. The summed E-state index contributed by atoms with van der Waals surface area (Å²) in [6.07, 6.45) is -0.500. The van der Waals surface area contributed by atoms with Gasteiger partial charge in [-0.15, -0.1) is 11.3 Å². The Balaban J connectivity index is 1.90. The number of nitrogens with zero attached hydrogens (tertiary/aromatic N) is 2. The van der Waals surface area contributed by atoms with Crippen LogP contribution in [0.1, 0.15) is 25.3 Å². The number of fused-ring (bicyclic) bond motifs is 1.